The van der Waals surface area contributed by atoms with Crippen molar-refractivity contribution in [3.8, 4) is 5.88 Å². The number of ether oxygens (including phenoxy) is 2. The van der Waals surface area contributed by atoms with Crippen LogP contribution in [0.1, 0.15) is 36.2 Å². The van der Waals surface area contributed by atoms with Gasteiger partial charge in [-0.3, -0.25) is 9.59 Å². The van der Waals surface area contributed by atoms with Crippen molar-refractivity contribution in [1.29, 1.82) is 0 Å². The molecule has 3 atom stereocenters. The van der Waals surface area contributed by atoms with Gasteiger partial charge >= 0.3 is 0 Å². The molecule has 1 N–H and O–H groups in total. The number of aromatic nitrogens is 1. The molecule has 1 saturated carbocycles. The Bertz CT molecular complexity index is 641. The van der Waals surface area contributed by atoms with Gasteiger partial charge in [0.15, 0.2) is 0 Å². The first kappa shape index (κ1) is 15.4. The van der Waals surface area contributed by atoms with Crippen LogP contribution in [0.4, 0.5) is 0 Å². The predicted octanol–water partition coefficient (Wildman–Crippen LogP) is 0.581. The van der Waals surface area contributed by atoms with Gasteiger partial charge in [-0.05, 0) is 30.8 Å². The summed E-state index contributed by atoms with van der Waals surface area (Å²) in [5.41, 5.74) is 0. The fourth-order valence-electron chi connectivity index (χ4n) is 3.57. The molecule has 4 rings (SSSR count). The van der Waals surface area contributed by atoms with Gasteiger partial charge in [-0.25, -0.2) is 0 Å². The van der Waals surface area contributed by atoms with Crippen LogP contribution in [0, 0.1) is 5.92 Å². The first-order chi connectivity index (χ1) is 11.6. The molecule has 3 unspecified atom stereocenters. The Hall–Kier alpha value is -2.09. The number of fused-ring (bicyclic) bond motifs is 2. The van der Waals surface area contributed by atoms with Crippen LogP contribution in [-0.4, -0.2) is 60.3 Å². The Labute approximate surface area is 139 Å². The Kier molecular flexibility index (Phi) is 3.91. The van der Waals surface area contributed by atoms with E-state index < -0.39 is 0 Å². The summed E-state index contributed by atoms with van der Waals surface area (Å²) in [7, 11) is 1.46. The minimum absolute atomic E-state index is 0.0582. The third kappa shape index (κ3) is 2.75. The highest BCUT2D eigenvalue weighted by Gasteiger charge is 2.46. The molecular weight excluding hydrogens is 314 g/mol. The van der Waals surface area contributed by atoms with E-state index in [-0.39, 0.29) is 41.6 Å². The van der Waals surface area contributed by atoms with E-state index in [9.17, 15) is 9.59 Å². The number of carbonyl (C=O) groups excluding carboxylic acids is 2. The average molecular weight is 335 g/mol. The molecule has 3 aliphatic rings. The first-order valence-electron chi connectivity index (χ1n) is 8.40. The smallest absolute Gasteiger partial charge is 0.292 e. The van der Waals surface area contributed by atoms with Crippen molar-refractivity contribution in [2.45, 2.75) is 43.9 Å². The van der Waals surface area contributed by atoms with Crippen molar-refractivity contribution in [1.82, 2.24) is 15.4 Å². The number of likely N-dealkylation sites (tertiary alicyclic amines) is 1. The Morgan fingerprint density at radius 2 is 2.21 bits per heavy atom. The zero-order chi connectivity index (χ0) is 16.7. The maximum atomic E-state index is 12.5. The average Bonchev–Trinajstić information content (AvgIpc) is 3.14. The monoisotopic (exact) mass is 335 g/mol. The fourth-order valence-corrected chi connectivity index (χ4v) is 3.57. The molecule has 1 aromatic rings. The molecule has 3 fully saturated rings. The lowest BCUT2D eigenvalue weighted by Gasteiger charge is -2.32. The minimum atomic E-state index is -0.252. The van der Waals surface area contributed by atoms with E-state index in [1.54, 1.807) is 4.90 Å². The van der Waals surface area contributed by atoms with Crippen LogP contribution < -0.4 is 10.1 Å². The van der Waals surface area contributed by atoms with E-state index in [1.165, 1.54) is 19.6 Å². The van der Waals surface area contributed by atoms with E-state index >= 15 is 0 Å². The van der Waals surface area contributed by atoms with Gasteiger partial charge in [-0.2, -0.15) is 0 Å². The number of methoxy groups -OCH3 is 1. The lowest BCUT2D eigenvalue weighted by molar-refractivity contribution is -0.129. The van der Waals surface area contributed by atoms with Gasteiger partial charge < -0.3 is 24.2 Å². The van der Waals surface area contributed by atoms with Crippen molar-refractivity contribution in [2.24, 2.45) is 5.92 Å². The minimum Gasteiger partial charge on any atom is -0.479 e. The number of carbonyl (C=O) groups is 2. The van der Waals surface area contributed by atoms with Gasteiger partial charge in [0, 0.05) is 19.1 Å². The Morgan fingerprint density at radius 1 is 1.38 bits per heavy atom. The quantitative estimate of drug-likeness (QED) is 0.865. The number of nitrogens with zero attached hydrogens (tertiary/aromatic N) is 2. The molecule has 1 aromatic heterocycles. The molecule has 0 spiro atoms. The standard InChI is InChI=1S/C16H21N3O5/c1-22-14-6-12(24-18-14)16(21)19-7-10-5-11(13(8-19)23-10)15(20)17-9-3-2-4-9/h6,9-11,13H,2-5,7-8H2,1H3,(H,17,20). The van der Waals surface area contributed by atoms with Crippen molar-refractivity contribution < 1.29 is 23.6 Å². The Balaban J connectivity index is 1.40. The largest absolute Gasteiger partial charge is 0.479 e. The van der Waals surface area contributed by atoms with Crippen molar-refractivity contribution in [2.75, 3.05) is 20.2 Å². The highest BCUT2D eigenvalue weighted by atomic mass is 16.5. The third-order valence-electron chi connectivity index (χ3n) is 5.14. The maximum Gasteiger partial charge on any atom is 0.292 e. The van der Waals surface area contributed by atoms with Gasteiger partial charge in [-0.15, -0.1) is 0 Å². The first-order valence-corrected chi connectivity index (χ1v) is 8.40. The van der Waals surface area contributed by atoms with Gasteiger partial charge in [0.1, 0.15) is 0 Å². The SMILES string of the molecule is COc1cc(C(=O)N2CC3CC(C(=O)NC4CCC4)C(C2)O3)on1. The van der Waals surface area contributed by atoms with E-state index in [2.05, 4.69) is 10.5 Å². The lowest BCUT2D eigenvalue weighted by atomic mass is 9.91. The molecule has 2 aliphatic heterocycles. The van der Waals surface area contributed by atoms with E-state index in [0.717, 1.165) is 12.8 Å². The number of nitrogens with one attached hydrogen (secondary N) is 1. The zero-order valence-electron chi connectivity index (χ0n) is 13.6. The molecule has 24 heavy (non-hydrogen) atoms. The van der Waals surface area contributed by atoms with Crippen LogP contribution in [0.15, 0.2) is 10.6 Å². The number of morpholine rings is 1. The summed E-state index contributed by atoms with van der Waals surface area (Å²) in [5, 5.41) is 6.75. The predicted molar refractivity (Wildman–Crippen MR) is 81.5 cm³/mol. The van der Waals surface area contributed by atoms with Crippen LogP contribution in [0.2, 0.25) is 0 Å². The van der Waals surface area contributed by atoms with Crippen LogP contribution in [-0.2, 0) is 9.53 Å². The van der Waals surface area contributed by atoms with Gasteiger partial charge in [-0.1, -0.05) is 0 Å². The maximum absolute atomic E-state index is 12.5. The van der Waals surface area contributed by atoms with Crippen LogP contribution in [0.3, 0.4) is 0 Å². The molecule has 8 nitrogen and oxygen atoms in total. The topological polar surface area (TPSA) is 93.9 Å². The summed E-state index contributed by atoms with van der Waals surface area (Å²) in [6.45, 7) is 0.854. The van der Waals surface area contributed by atoms with Crippen LogP contribution >= 0.6 is 0 Å². The van der Waals surface area contributed by atoms with Gasteiger partial charge in [0.05, 0.1) is 31.3 Å². The molecule has 2 saturated heterocycles. The number of hydrogen-bond donors (Lipinski definition) is 1. The molecule has 2 amide bonds. The van der Waals surface area contributed by atoms with Crippen molar-refractivity contribution in [3.63, 3.8) is 0 Å². The molecule has 0 radical (unpaired) electrons. The van der Waals surface area contributed by atoms with Crippen LogP contribution in [0.5, 0.6) is 5.88 Å². The summed E-state index contributed by atoms with van der Waals surface area (Å²) < 4.78 is 15.8. The highest BCUT2D eigenvalue weighted by Crippen LogP contribution is 2.33. The number of amides is 2. The lowest BCUT2D eigenvalue weighted by Crippen LogP contribution is -2.49. The molecule has 130 valence electrons. The van der Waals surface area contributed by atoms with Gasteiger partial charge in [0.2, 0.25) is 11.7 Å². The summed E-state index contributed by atoms with van der Waals surface area (Å²) >= 11 is 0. The number of rotatable bonds is 4. The number of hydrogen-bond acceptors (Lipinski definition) is 6. The summed E-state index contributed by atoms with van der Waals surface area (Å²) in [6, 6.07) is 1.79. The summed E-state index contributed by atoms with van der Waals surface area (Å²) in [6.07, 6.45) is 3.61. The summed E-state index contributed by atoms with van der Waals surface area (Å²) in [4.78, 5) is 26.7. The van der Waals surface area contributed by atoms with E-state index in [0.29, 0.717) is 25.6 Å². The highest BCUT2D eigenvalue weighted by molar-refractivity contribution is 5.92. The van der Waals surface area contributed by atoms with Gasteiger partial charge in [0.25, 0.3) is 11.8 Å². The fraction of sp³-hybridized carbons (Fsp3) is 0.688. The second kappa shape index (κ2) is 6.08. The second-order valence-corrected chi connectivity index (χ2v) is 6.72. The molecular formula is C16H21N3O5. The zero-order valence-corrected chi connectivity index (χ0v) is 13.6. The molecule has 1 aliphatic carbocycles. The van der Waals surface area contributed by atoms with Crippen LogP contribution in [0.25, 0.3) is 0 Å². The van der Waals surface area contributed by atoms with Crippen molar-refractivity contribution in [3.05, 3.63) is 11.8 Å². The normalized spacial score (nSPS) is 29.2. The van der Waals surface area contributed by atoms with Crippen molar-refractivity contribution >= 4 is 11.8 Å². The third-order valence-corrected chi connectivity index (χ3v) is 5.14. The summed E-state index contributed by atoms with van der Waals surface area (Å²) in [5.74, 6) is 0.0422. The Morgan fingerprint density at radius 3 is 2.88 bits per heavy atom. The molecule has 0 aromatic carbocycles. The molecule has 3 heterocycles. The van der Waals surface area contributed by atoms with E-state index in [4.69, 9.17) is 14.0 Å². The van der Waals surface area contributed by atoms with E-state index in [1.807, 2.05) is 0 Å². The molecule has 2 bridgehead atoms. The second-order valence-electron chi connectivity index (χ2n) is 6.72. The molecule has 8 heteroatoms.